The monoisotopic (exact) mass is 321 g/mol. The summed E-state index contributed by atoms with van der Waals surface area (Å²) >= 11 is 0. The van der Waals surface area contributed by atoms with E-state index in [2.05, 4.69) is 59.7 Å². The topological polar surface area (TPSA) is 30.2 Å². The van der Waals surface area contributed by atoms with Crippen molar-refractivity contribution in [3.63, 3.8) is 0 Å². The molecule has 0 atom stereocenters. The van der Waals surface area contributed by atoms with E-state index in [0.717, 1.165) is 28.2 Å². The van der Waals surface area contributed by atoms with Crippen LogP contribution in [-0.4, -0.2) is 14.6 Å². The third kappa shape index (κ3) is 2.46. The maximum Gasteiger partial charge on any atom is 0.156 e. The fourth-order valence-electron chi connectivity index (χ4n) is 3.14. The summed E-state index contributed by atoms with van der Waals surface area (Å²) in [5.41, 5.74) is 4.95. The number of benzene rings is 3. The summed E-state index contributed by atoms with van der Waals surface area (Å²) in [4.78, 5) is 4.80. The number of rotatable bonds is 2. The molecule has 0 N–H and O–H groups in total. The normalized spacial score (nSPS) is 11.2. The van der Waals surface area contributed by atoms with E-state index in [-0.39, 0.29) is 0 Å². The van der Waals surface area contributed by atoms with Crippen molar-refractivity contribution in [1.29, 1.82) is 0 Å². The molecular weight excluding hydrogens is 306 g/mol. The van der Waals surface area contributed by atoms with Crippen LogP contribution in [0.3, 0.4) is 0 Å². The first-order chi connectivity index (χ1) is 12.4. The molecule has 0 aliphatic carbocycles. The molecule has 0 amide bonds. The van der Waals surface area contributed by atoms with E-state index in [4.69, 9.17) is 4.98 Å². The third-order valence-corrected chi connectivity index (χ3v) is 4.44. The summed E-state index contributed by atoms with van der Waals surface area (Å²) in [6, 6.07) is 29.0. The molecule has 0 saturated heterocycles. The molecular formula is C22H15N3. The van der Waals surface area contributed by atoms with Crippen molar-refractivity contribution in [3.8, 4) is 22.5 Å². The molecule has 3 aromatic carbocycles. The number of aromatic nitrogens is 3. The van der Waals surface area contributed by atoms with Crippen molar-refractivity contribution in [2.45, 2.75) is 0 Å². The molecule has 25 heavy (non-hydrogen) atoms. The summed E-state index contributed by atoms with van der Waals surface area (Å²) in [6.45, 7) is 0. The van der Waals surface area contributed by atoms with Gasteiger partial charge in [0, 0.05) is 23.4 Å². The molecule has 2 aromatic heterocycles. The molecule has 3 nitrogen and oxygen atoms in total. The van der Waals surface area contributed by atoms with Crippen LogP contribution in [0.25, 0.3) is 38.9 Å². The number of hydrogen-bond donors (Lipinski definition) is 0. The van der Waals surface area contributed by atoms with Crippen molar-refractivity contribution < 1.29 is 0 Å². The molecule has 0 aliphatic heterocycles. The highest BCUT2D eigenvalue weighted by Crippen LogP contribution is 2.25. The van der Waals surface area contributed by atoms with Crippen LogP contribution >= 0.6 is 0 Å². The van der Waals surface area contributed by atoms with E-state index in [1.54, 1.807) is 0 Å². The van der Waals surface area contributed by atoms with Gasteiger partial charge in [-0.2, -0.15) is 5.10 Å². The smallest absolute Gasteiger partial charge is 0.156 e. The highest BCUT2D eigenvalue weighted by atomic mass is 15.2. The van der Waals surface area contributed by atoms with Crippen molar-refractivity contribution in [2.24, 2.45) is 0 Å². The van der Waals surface area contributed by atoms with Crippen LogP contribution in [0, 0.1) is 0 Å². The molecule has 5 rings (SSSR count). The maximum atomic E-state index is 4.80. The standard InChI is InChI=1S/C22H15N3/c1-2-7-17(8-3-1)21-15-22-23-20(12-13-25(22)24-21)19-11-10-16-6-4-5-9-18(16)14-19/h1-15H. The van der Waals surface area contributed by atoms with Crippen LogP contribution in [-0.2, 0) is 0 Å². The second kappa shape index (κ2) is 5.56. The van der Waals surface area contributed by atoms with Crippen molar-refractivity contribution >= 4 is 16.4 Å². The van der Waals surface area contributed by atoms with Gasteiger partial charge < -0.3 is 0 Å². The van der Waals surface area contributed by atoms with Gasteiger partial charge in [-0.3, -0.25) is 0 Å². The molecule has 5 aromatic rings. The zero-order valence-electron chi connectivity index (χ0n) is 13.5. The fourth-order valence-corrected chi connectivity index (χ4v) is 3.14. The van der Waals surface area contributed by atoms with E-state index < -0.39 is 0 Å². The highest BCUT2D eigenvalue weighted by molar-refractivity contribution is 5.86. The molecule has 2 heterocycles. The van der Waals surface area contributed by atoms with Gasteiger partial charge in [-0.1, -0.05) is 66.7 Å². The fraction of sp³-hybridized carbons (Fsp3) is 0. The summed E-state index contributed by atoms with van der Waals surface area (Å²) in [7, 11) is 0. The zero-order chi connectivity index (χ0) is 16.6. The van der Waals surface area contributed by atoms with Crippen LogP contribution in [0.5, 0.6) is 0 Å². The molecule has 0 unspecified atom stereocenters. The summed E-state index contributed by atoms with van der Waals surface area (Å²) in [5.74, 6) is 0. The van der Waals surface area contributed by atoms with Gasteiger partial charge in [-0.05, 0) is 22.9 Å². The second-order valence-corrected chi connectivity index (χ2v) is 6.07. The summed E-state index contributed by atoms with van der Waals surface area (Å²) in [6.07, 6.45) is 1.97. The Morgan fingerprint density at radius 1 is 0.600 bits per heavy atom. The minimum atomic E-state index is 0.851. The Bertz CT molecular complexity index is 1190. The SMILES string of the molecule is c1ccc(-c2cc3nc(-c4ccc5ccccc5c4)ccn3n2)cc1. The Labute approximate surface area is 145 Å². The lowest BCUT2D eigenvalue weighted by Crippen LogP contribution is -1.91. The highest BCUT2D eigenvalue weighted by Gasteiger charge is 2.07. The van der Waals surface area contributed by atoms with E-state index in [0.29, 0.717) is 0 Å². The molecule has 118 valence electrons. The van der Waals surface area contributed by atoms with Crippen molar-refractivity contribution in [3.05, 3.63) is 91.1 Å². The van der Waals surface area contributed by atoms with Crippen LogP contribution in [0.2, 0.25) is 0 Å². The summed E-state index contributed by atoms with van der Waals surface area (Å²) < 4.78 is 1.83. The third-order valence-electron chi connectivity index (χ3n) is 4.44. The number of nitrogens with zero attached hydrogens (tertiary/aromatic N) is 3. The van der Waals surface area contributed by atoms with Gasteiger partial charge in [0.25, 0.3) is 0 Å². The van der Waals surface area contributed by atoms with Crippen LogP contribution in [0.1, 0.15) is 0 Å². The Balaban J connectivity index is 1.61. The van der Waals surface area contributed by atoms with Crippen LogP contribution in [0.4, 0.5) is 0 Å². The van der Waals surface area contributed by atoms with E-state index in [9.17, 15) is 0 Å². The van der Waals surface area contributed by atoms with Gasteiger partial charge in [-0.15, -0.1) is 0 Å². The molecule has 0 aliphatic rings. The zero-order valence-corrected chi connectivity index (χ0v) is 13.5. The average Bonchev–Trinajstić information content (AvgIpc) is 3.11. The summed E-state index contributed by atoms with van der Waals surface area (Å²) in [5, 5.41) is 7.08. The molecule has 0 spiro atoms. The predicted octanol–water partition coefficient (Wildman–Crippen LogP) is 5.22. The first-order valence-corrected chi connectivity index (χ1v) is 8.28. The Kier molecular flexibility index (Phi) is 3.10. The first kappa shape index (κ1) is 13.9. The molecule has 0 bridgehead atoms. The lowest BCUT2D eigenvalue weighted by molar-refractivity contribution is 0.945. The maximum absolute atomic E-state index is 4.80. The van der Waals surface area contributed by atoms with Gasteiger partial charge in [0.05, 0.1) is 11.4 Å². The number of fused-ring (bicyclic) bond motifs is 2. The lowest BCUT2D eigenvalue weighted by Gasteiger charge is -2.04. The van der Waals surface area contributed by atoms with Crippen molar-refractivity contribution in [2.75, 3.05) is 0 Å². The molecule has 3 heteroatoms. The largest absolute Gasteiger partial charge is 0.229 e. The Morgan fingerprint density at radius 2 is 1.40 bits per heavy atom. The van der Waals surface area contributed by atoms with Gasteiger partial charge in [0.15, 0.2) is 5.65 Å². The molecule has 0 saturated carbocycles. The van der Waals surface area contributed by atoms with E-state index in [1.807, 2.05) is 41.0 Å². The van der Waals surface area contributed by atoms with E-state index in [1.165, 1.54) is 10.8 Å². The predicted molar refractivity (Wildman–Crippen MR) is 101 cm³/mol. The van der Waals surface area contributed by atoms with Gasteiger partial charge in [-0.25, -0.2) is 9.50 Å². The van der Waals surface area contributed by atoms with Crippen LogP contribution < -0.4 is 0 Å². The Morgan fingerprint density at radius 3 is 2.28 bits per heavy atom. The molecule has 0 fully saturated rings. The quantitative estimate of drug-likeness (QED) is 0.446. The van der Waals surface area contributed by atoms with E-state index >= 15 is 0 Å². The minimum Gasteiger partial charge on any atom is -0.229 e. The first-order valence-electron chi connectivity index (χ1n) is 8.28. The van der Waals surface area contributed by atoms with Gasteiger partial charge in [0.1, 0.15) is 0 Å². The number of hydrogen-bond acceptors (Lipinski definition) is 2. The lowest BCUT2D eigenvalue weighted by atomic mass is 10.1. The second-order valence-electron chi connectivity index (χ2n) is 6.07. The van der Waals surface area contributed by atoms with Gasteiger partial charge >= 0.3 is 0 Å². The molecule has 0 radical (unpaired) electrons. The van der Waals surface area contributed by atoms with Gasteiger partial charge in [0.2, 0.25) is 0 Å². The average molecular weight is 321 g/mol. The van der Waals surface area contributed by atoms with Crippen LogP contribution in [0.15, 0.2) is 91.1 Å². The van der Waals surface area contributed by atoms with Crippen molar-refractivity contribution in [1.82, 2.24) is 14.6 Å². The Hall–Kier alpha value is -3.46. The minimum absolute atomic E-state index is 0.851.